The summed E-state index contributed by atoms with van der Waals surface area (Å²) in [5, 5.41) is 2.54. The second-order valence-electron chi connectivity index (χ2n) is 3.02. The number of carbonyl (C=O) groups excluding carboxylic acids is 2. The van der Waals surface area contributed by atoms with Crippen molar-refractivity contribution in [2.75, 3.05) is 0 Å². The van der Waals surface area contributed by atoms with E-state index in [9.17, 15) is 9.59 Å². The van der Waals surface area contributed by atoms with Crippen LogP contribution in [-0.4, -0.2) is 17.5 Å². The number of urea groups is 1. The lowest BCUT2D eigenvalue weighted by Crippen LogP contribution is -2.35. The first kappa shape index (κ1) is 7.91. The molecule has 0 aromatic heterocycles. The number of fused-ring (bicyclic) bond motifs is 1. The smallest absolute Gasteiger partial charge is 0.309 e. The van der Waals surface area contributed by atoms with Crippen LogP contribution in [0.3, 0.4) is 0 Å². The van der Waals surface area contributed by atoms with E-state index in [1.165, 1.54) is 12.2 Å². The van der Waals surface area contributed by atoms with E-state index in [1.807, 2.05) is 0 Å². The minimum Gasteiger partial charge on any atom is -0.309 e. The molecule has 1 atom stereocenters. The van der Waals surface area contributed by atoms with Crippen LogP contribution in [0.2, 0.25) is 0 Å². The molecule has 1 aliphatic heterocycles. The van der Waals surface area contributed by atoms with E-state index in [0.717, 1.165) is 5.71 Å². The monoisotopic (exact) mass is 176 g/mol. The summed E-state index contributed by atoms with van der Waals surface area (Å²) in [4.78, 5) is 25.7. The maximum Gasteiger partial charge on any atom is 0.345 e. The molecule has 0 bridgehead atoms. The van der Waals surface area contributed by atoms with Gasteiger partial charge in [-0.15, -0.1) is 0 Å². The van der Waals surface area contributed by atoms with Gasteiger partial charge in [0.2, 0.25) is 0 Å². The van der Waals surface area contributed by atoms with Crippen LogP contribution in [-0.2, 0) is 4.79 Å². The molecule has 2 rings (SSSR count). The Kier molecular flexibility index (Phi) is 1.62. The highest BCUT2D eigenvalue weighted by molar-refractivity contribution is 6.08. The first-order valence-corrected chi connectivity index (χ1v) is 3.97. The Labute approximate surface area is 75.0 Å². The number of hydrogen-bond donors (Lipinski definition) is 1. The average Bonchev–Trinajstić information content (AvgIpc) is 2.02. The van der Waals surface area contributed by atoms with Gasteiger partial charge < -0.3 is 5.32 Å². The molecule has 1 aliphatic carbocycles. The maximum atomic E-state index is 11.0. The number of amides is 2. The number of nitrogens with zero attached hydrogens (tertiary/aromatic N) is 1. The molecule has 1 heterocycles. The summed E-state index contributed by atoms with van der Waals surface area (Å²) in [5.41, 5.74) is 1.35. The third-order valence-corrected chi connectivity index (χ3v) is 2.07. The van der Waals surface area contributed by atoms with E-state index in [-0.39, 0.29) is 11.7 Å². The Balaban J connectivity index is 2.43. The molecule has 0 saturated heterocycles. The van der Waals surface area contributed by atoms with Crippen molar-refractivity contribution in [3.63, 3.8) is 0 Å². The van der Waals surface area contributed by atoms with Crippen molar-refractivity contribution in [3.05, 3.63) is 23.9 Å². The number of allylic oxidation sites excluding steroid dienone is 3. The summed E-state index contributed by atoms with van der Waals surface area (Å²) >= 11 is 0. The van der Waals surface area contributed by atoms with E-state index in [1.54, 1.807) is 13.0 Å². The highest BCUT2D eigenvalue weighted by atomic mass is 16.2. The van der Waals surface area contributed by atoms with Gasteiger partial charge in [-0.25, -0.2) is 9.79 Å². The molecule has 4 heteroatoms. The van der Waals surface area contributed by atoms with E-state index >= 15 is 0 Å². The lowest BCUT2D eigenvalue weighted by Gasteiger charge is -2.23. The van der Waals surface area contributed by atoms with Gasteiger partial charge in [-0.3, -0.25) is 4.79 Å². The Morgan fingerprint density at radius 1 is 1.46 bits per heavy atom. The van der Waals surface area contributed by atoms with Gasteiger partial charge in [-0.1, -0.05) is 6.08 Å². The zero-order valence-electron chi connectivity index (χ0n) is 7.07. The van der Waals surface area contributed by atoms with Gasteiger partial charge in [0, 0.05) is 17.5 Å². The van der Waals surface area contributed by atoms with Crippen LogP contribution in [0.1, 0.15) is 6.92 Å². The molecule has 66 valence electrons. The van der Waals surface area contributed by atoms with Crippen molar-refractivity contribution in [2.45, 2.75) is 6.92 Å². The number of nitrogens with one attached hydrogen (secondary N) is 1. The number of carbonyl (C=O) groups is 2. The average molecular weight is 176 g/mol. The summed E-state index contributed by atoms with van der Waals surface area (Å²) in [6, 6.07) is -0.400. The fourth-order valence-electron chi connectivity index (χ4n) is 1.45. The fourth-order valence-corrected chi connectivity index (χ4v) is 1.45. The van der Waals surface area contributed by atoms with Crippen LogP contribution in [0.25, 0.3) is 0 Å². The van der Waals surface area contributed by atoms with Crippen molar-refractivity contribution >= 4 is 17.5 Å². The second kappa shape index (κ2) is 2.65. The molecular weight excluding hydrogens is 168 g/mol. The normalized spacial score (nSPS) is 26.1. The van der Waals surface area contributed by atoms with Gasteiger partial charge in [0.1, 0.15) is 0 Å². The van der Waals surface area contributed by atoms with Crippen LogP contribution >= 0.6 is 0 Å². The molecule has 1 unspecified atom stereocenters. The highest BCUT2D eigenvalue weighted by Crippen LogP contribution is 2.20. The highest BCUT2D eigenvalue weighted by Gasteiger charge is 2.25. The quantitative estimate of drug-likeness (QED) is 0.593. The predicted molar refractivity (Wildman–Crippen MR) is 47.4 cm³/mol. The van der Waals surface area contributed by atoms with Crippen molar-refractivity contribution in [2.24, 2.45) is 10.9 Å². The number of rotatable bonds is 0. The first-order valence-electron chi connectivity index (χ1n) is 3.97. The lowest BCUT2D eigenvalue weighted by atomic mass is 9.93. The molecule has 2 aliphatic rings. The largest absolute Gasteiger partial charge is 0.345 e. The van der Waals surface area contributed by atoms with E-state index < -0.39 is 6.03 Å². The zero-order valence-corrected chi connectivity index (χ0v) is 7.07. The third kappa shape index (κ3) is 1.30. The Morgan fingerprint density at radius 3 is 3.00 bits per heavy atom. The Hall–Kier alpha value is -1.71. The Morgan fingerprint density at radius 2 is 2.23 bits per heavy atom. The van der Waals surface area contributed by atoms with E-state index in [4.69, 9.17) is 0 Å². The summed E-state index contributed by atoms with van der Waals surface area (Å²) in [6.07, 6.45) is 4.67. The zero-order chi connectivity index (χ0) is 9.42. The van der Waals surface area contributed by atoms with Gasteiger partial charge in [-0.2, -0.15) is 0 Å². The Bertz CT molecular complexity index is 377. The molecule has 2 amide bonds. The van der Waals surface area contributed by atoms with Crippen LogP contribution in [0.5, 0.6) is 0 Å². The first-order chi connectivity index (χ1) is 6.16. The van der Waals surface area contributed by atoms with Gasteiger partial charge in [0.25, 0.3) is 0 Å². The summed E-state index contributed by atoms with van der Waals surface area (Å²) in [5.74, 6) is -0.128. The molecule has 0 aromatic carbocycles. The third-order valence-electron chi connectivity index (χ3n) is 2.07. The minimum atomic E-state index is -0.400. The molecule has 0 spiro atoms. The van der Waals surface area contributed by atoms with Crippen LogP contribution in [0.4, 0.5) is 4.79 Å². The maximum absolute atomic E-state index is 11.0. The topological polar surface area (TPSA) is 58.5 Å². The standard InChI is InChI=1S/C9H8N2O2/c1-5-7-3-2-6(12)4-8(7)11-9(13)10-5/h2-4,7H,1H3,(H,11,13). The van der Waals surface area contributed by atoms with Crippen LogP contribution in [0.15, 0.2) is 28.9 Å². The van der Waals surface area contributed by atoms with E-state index in [0.29, 0.717) is 5.70 Å². The van der Waals surface area contributed by atoms with Crippen molar-refractivity contribution in [3.8, 4) is 0 Å². The van der Waals surface area contributed by atoms with E-state index in [2.05, 4.69) is 10.3 Å². The van der Waals surface area contributed by atoms with Crippen LogP contribution in [0, 0.1) is 5.92 Å². The minimum absolute atomic E-state index is 0.0320. The van der Waals surface area contributed by atoms with Crippen molar-refractivity contribution in [1.29, 1.82) is 0 Å². The summed E-state index contributed by atoms with van der Waals surface area (Å²) < 4.78 is 0. The van der Waals surface area contributed by atoms with Gasteiger partial charge >= 0.3 is 6.03 Å². The van der Waals surface area contributed by atoms with Crippen molar-refractivity contribution in [1.82, 2.24) is 5.32 Å². The molecule has 1 N–H and O–H groups in total. The lowest BCUT2D eigenvalue weighted by molar-refractivity contribution is -0.110. The summed E-state index contributed by atoms with van der Waals surface area (Å²) in [7, 11) is 0. The number of hydrogen-bond acceptors (Lipinski definition) is 2. The SMILES string of the molecule is CC1=NC(=O)NC2=CC(=O)C=CC21. The van der Waals surface area contributed by atoms with Crippen LogP contribution < -0.4 is 5.32 Å². The summed E-state index contributed by atoms with van der Waals surface area (Å²) in [6.45, 7) is 1.78. The molecule has 13 heavy (non-hydrogen) atoms. The molecule has 0 fully saturated rings. The van der Waals surface area contributed by atoms with Gasteiger partial charge in [0.15, 0.2) is 5.78 Å². The fraction of sp³-hybridized carbons (Fsp3) is 0.222. The van der Waals surface area contributed by atoms with Crippen molar-refractivity contribution < 1.29 is 9.59 Å². The number of aliphatic imine (C=N–C) groups is 1. The second-order valence-corrected chi connectivity index (χ2v) is 3.02. The molecule has 0 aromatic rings. The molecule has 4 nitrogen and oxygen atoms in total. The number of ketones is 1. The molecule has 0 radical (unpaired) electrons. The van der Waals surface area contributed by atoms with Gasteiger partial charge in [-0.05, 0) is 13.0 Å². The predicted octanol–water partition coefficient (Wildman–Crippen LogP) is 0.810. The molecule has 0 saturated carbocycles. The van der Waals surface area contributed by atoms with Gasteiger partial charge in [0.05, 0.1) is 5.92 Å². The molecular formula is C9H8N2O2.